The van der Waals surface area contributed by atoms with Crippen LogP contribution in [0.3, 0.4) is 0 Å². The highest BCUT2D eigenvalue weighted by molar-refractivity contribution is 6.05. The number of non-ortho nitro benzene ring substituents is 1. The second-order valence-electron chi connectivity index (χ2n) is 6.78. The van der Waals surface area contributed by atoms with E-state index in [0.29, 0.717) is 5.69 Å². The van der Waals surface area contributed by atoms with Crippen LogP contribution in [0.2, 0.25) is 0 Å². The first-order valence-electron chi connectivity index (χ1n) is 9.10. The lowest BCUT2D eigenvalue weighted by Crippen LogP contribution is -2.24. The van der Waals surface area contributed by atoms with Crippen molar-refractivity contribution in [3.05, 3.63) is 64.0 Å². The predicted octanol–water partition coefficient (Wildman–Crippen LogP) is 4.51. The Labute approximate surface area is 161 Å². The molecule has 0 heterocycles. The summed E-state index contributed by atoms with van der Waals surface area (Å²) in [5.41, 5.74) is 0.0659. The van der Waals surface area contributed by atoms with E-state index in [1.807, 2.05) is 0 Å². The van der Waals surface area contributed by atoms with Gasteiger partial charge in [-0.25, -0.2) is 4.39 Å². The Bertz CT molecular complexity index is 910. The number of benzene rings is 2. The van der Waals surface area contributed by atoms with E-state index < -0.39 is 16.6 Å². The van der Waals surface area contributed by atoms with Gasteiger partial charge in [-0.3, -0.25) is 19.7 Å². The molecule has 0 aliphatic heterocycles. The minimum absolute atomic E-state index is 0.0230. The Morgan fingerprint density at radius 3 is 2.50 bits per heavy atom. The van der Waals surface area contributed by atoms with Crippen LogP contribution in [0.5, 0.6) is 0 Å². The summed E-state index contributed by atoms with van der Waals surface area (Å²) in [6.07, 6.45) is 4.94. The van der Waals surface area contributed by atoms with Crippen LogP contribution in [-0.2, 0) is 4.79 Å². The summed E-state index contributed by atoms with van der Waals surface area (Å²) in [5.74, 6) is -1.50. The Hall–Kier alpha value is -3.29. The van der Waals surface area contributed by atoms with Crippen molar-refractivity contribution in [2.75, 3.05) is 10.6 Å². The Kier molecular flexibility index (Phi) is 5.98. The summed E-state index contributed by atoms with van der Waals surface area (Å²) < 4.78 is 13.9. The molecule has 2 amide bonds. The summed E-state index contributed by atoms with van der Waals surface area (Å²) >= 11 is 0. The van der Waals surface area contributed by atoms with Gasteiger partial charge in [0.15, 0.2) is 0 Å². The maximum absolute atomic E-state index is 13.9. The molecule has 0 radical (unpaired) electrons. The van der Waals surface area contributed by atoms with Crippen molar-refractivity contribution in [1.29, 1.82) is 0 Å². The van der Waals surface area contributed by atoms with Gasteiger partial charge in [0.2, 0.25) is 5.91 Å². The van der Waals surface area contributed by atoms with E-state index in [0.717, 1.165) is 50.3 Å². The largest absolute Gasteiger partial charge is 0.326 e. The monoisotopic (exact) mass is 385 g/mol. The third-order valence-electron chi connectivity index (χ3n) is 4.78. The molecule has 2 aromatic rings. The molecule has 0 aromatic heterocycles. The molecule has 1 aliphatic carbocycles. The van der Waals surface area contributed by atoms with Crippen molar-refractivity contribution in [2.45, 2.75) is 32.1 Å². The highest BCUT2D eigenvalue weighted by Gasteiger charge is 2.21. The number of anilines is 2. The average Bonchev–Trinajstić information content (AvgIpc) is 2.70. The minimum atomic E-state index is -0.777. The molecule has 0 bridgehead atoms. The number of carbonyl (C=O) groups excluding carboxylic acids is 2. The number of hydrogen-bond acceptors (Lipinski definition) is 4. The fourth-order valence-corrected chi connectivity index (χ4v) is 3.26. The van der Waals surface area contributed by atoms with E-state index in [9.17, 15) is 24.1 Å². The molecule has 146 valence electrons. The number of carbonyl (C=O) groups is 2. The fourth-order valence-electron chi connectivity index (χ4n) is 3.26. The lowest BCUT2D eigenvalue weighted by molar-refractivity contribution is -0.384. The van der Waals surface area contributed by atoms with Gasteiger partial charge in [0.25, 0.3) is 11.6 Å². The first-order chi connectivity index (χ1) is 13.4. The summed E-state index contributed by atoms with van der Waals surface area (Å²) in [4.78, 5) is 34.9. The lowest BCUT2D eigenvalue weighted by atomic mass is 9.88. The van der Waals surface area contributed by atoms with Gasteiger partial charge < -0.3 is 10.6 Å². The molecule has 1 aliphatic rings. The predicted molar refractivity (Wildman–Crippen MR) is 103 cm³/mol. The van der Waals surface area contributed by atoms with Gasteiger partial charge in [-0.1, -0.05) is 25.3 Å². The van der Waals surface area contributed by atoms with Crippen molar-refractivity contribution in [3.8, 4) is 0 Å². The van der Waals surface area contributed by atoms with Crippen molar-refractivity contribution in [2.24, 2.45) is 5.92 Å². The lowest BCUT2D eigenvalue weighted by Gasteiger charge is -2.20. The number of amides is 2. The van der Waals surface area contributed by atoms with Gasteiger partial charge in [-0.05, 0) is 37.1 Å². The summed E-state index contributed by atoms with van der Waals surface area (Å²) in [6.45, 7) is 0. The normalized spacial score (nSPS) is 14.3. The molecule has 28 heavy (non-hydrogen) atoms. The van der Waals surface area contributed by atoms with Crippen molar-refractivity contribution < 1.29 is 18.9 Å². The van der Waals surface area contributed by atoms with E-state index >= 15 is 0 Å². The number of nitrogens with zero attached hydrogens (tertiary/aromatic N) is 1. The smallest absolute Gasteiger partial charge is 0.271 e. The quantitative estimate of drug-likeness (QED) is 0.584. The molecule has 0 atom stereocenters. The molecule has 0 spiro atoms. The zero-order valence-corrected chi connectivity index (χ0v) is 15.1. The minimum Gasteiger partial charge on any atom is -0.326 e. The van der Waals surface area contributed by atoms with Gasteiger partial charge in [0.1, 0.15) is 5.82 Å². The third-order valence-corrected chi connectivity index (χ3v) is 4.78. The maximum Gasteiger partial charge on any atom is 0.271 e. The molecular weight excluding hydrogens is 365 g/mol. The topological polar surface area (TPSA) is 101 Å². The maximum atomic E-state index is 13.9. The summed E-state index contributed by atoms with van der Waals surface area (Å²) in [7, 11) is 0. The van der Waals surface area contributed by atoms with E-state index in [2.05, 4.69) is 10.6 Å². The zero-order valence-electron chi connectivity index (χ0n) is 15.1. The van der Waals surface area contributed by atoms with Crippen molar-refractivity contribution >= 4 is 28.9 Å². The highest BCUT2D eigenvalue weighted by atomic mass is 19.1. The first kappa shape index (κ1) is 19.5. The molecule has 2 aromatic carbocycles. The number of rotatable bonds is 5. The standard InChI is InChI=1S/C20H20FN3O4/c21-17-10-9-16(24(27)28)12-18(17)23-20(26)14-7-4-8-15(11-14)22-19(25)13-5-2-1-3-6-13/h4,7-13H,1-3,5-6H2,(H,22,25)(H,23,26). The van der Waals surface area contributed by atoms with Crippen molar-refractivity contribution in [3.63, 3.8) is 0 Å². The van der Waals surface area contributed by atoms with Crippen LogP contribution < -0.4 is 10.6 Å². The second-order valence-corrected chi connectivity index (χ2v) is 6.78. The number of nitro groups is 1. The molecule has 8 heteroatoms. The SMILES string of the molecule is O=C(Nc1cc([N+](=O)[O-])ccc1F)c1cccc(NC(=O)C2CCCCC2)c1. The van der Waals surface area contributed by atoms with Gasteiger partial charge in [-0.2, -0.15) is 0 Å². The van der Waals surface area contributed by atoms with Gasteiger partial charge in [0.05, 0.1) is 10.6 Å². The molecule has 2 N–H and O–H groups in total. The summed E-state index contributed by atoms with van der Waals surface area (Å²) in [6, 6.07) is 9.19. The van der Waals surface area contributed by atoms with E-state index in [1.165, 1.54) is 12.1 Å². The van der Waals surface area contributed by atoms with Crippen LogP contribution in [0, 0.1) is 21.8 Å². The molecule has 1 saturated carbocycles. The van der Waals surface area contributed by atoms with Crippen LogP contribution in [0.4, 0.5) is 21.5 Å². The van der Waals surface area contributed by atoms with Crippen LogP contribution >= 0.6 is 0 Å². The zero-order chi connectivity index (χ0) is 20.1. The summed E-state index contributed by atoms with van der Waals surface area (Å²) in [5, 5.41) is 16.0. The number of nitro benzene ring substituents is 1. The molecular formula is C20H20FN3O4. The molecule has 3 rings (SSSR count). The van der Waals surface area contributed by atoms with E-state index in [4.69, 9.17) is 0 Å². The van der Waals surface area contributed by atoms with Crippen LogP contribution in [0.25, 0.3) is 0 Å². The Morgan fingerprint density at radius 1 is 1.04 bits per heavy atom. The van der Waals surface area contributed by atoms with Crippen LogP contribution in [0.1, 0.15) is 42.5 Å². The van der Waals surface area contributed by atoms with Crippen LogP contribution in [-0.4, -0.2) is 16.7 Å². The van der Waals surface area contributed by atoms with E-state index in [1.54, 1.807) is 12.1 Å². The Morgan fingerprint density at radius 2 is 1.79 bits per heavy atom. The average molecular weight is 385 g/mol. The number of nitrogens with one attached hydrogen (secondary N) is 2. The highest BCUT2D eigenvalue weighted by Crippen LogP contribution is 2.26. The fraction of sp³-hybridized carbons (Fsp3) is 0.300. The number of hydrogen-bond donors (Lipinski definition) is 2. The molecule has 1 fully saturated rings. The Balaban J connectivity index is 1.71. The first-order valence-corrected chi connectivity index (χ1v) is 9.10. The van der Waals surface area contributed by atoms with Gasteiger partial charge >= 0.3 is 0 Å². The third kappa shape index (κ3) is 4.70. The second kappa shape index (κ2) is 8.60. The molecule has 7 nitrogen and oxygen atoms in total. The van der Waals surface area contributed by atoms with Crippen LogP contribution in [0.15, 0.2) is 42.5 Å². The molecule has 0 unspecified atom stereocenters. The molecule has 0 saturated heterocycles. The van der Waals surface area contributed by atoms with Crippen molar-refractivity contribution in [1.82, 2.24) is 0 Å². The van der Waals surface area contributed by atoms with E-state index in [-0.39, 0.29) is 28.8 Å². The number of halogens is 1. The van der Waals surface area contributed by atoms with Gasteiger partial charge in [-0.15, -0.1) is 0 Å². The van der Waals surface area contributed by atoms with Gasteiger partial charge in [0, 0.05) is 29.3 Å².